The molecule has 0 fully saturated rings. The van der Waals surface area contributed by atoms with Gasteiger partial charge < -0.3 is 9.47 Å². The molecule has 18 heavy (non-hydrogen) atoms. The van der Waals surface area contributed by atoms with Crippen LogP contribution in [0.25, 0.3) is 0 Å². The number of carbonyl (C=O) groups is 1. The Morgan fingerprint density at radius 3 is 2.33 bits per heavy atom. The van der Waals surface area contributed by atoms with Crippen LogP contribution in [0, 0.1) is 0 Å². The molecule has 0 saturated heterocycles. The lowest BCUT2D eigenvalue weighted by Crippen LogP contribution is -1.98. The van der Waals surface area contributed by atoms with Crippen LogP contribution in [0.5, 0.6) is 0 Å². The Hall–Kier alpha value is -1.06. The quantitative estimate of drug-likeness (QED) is 0.500. The summed E-state index contributed by atoms with van der Waals surface area (Å²) >= 11 is 5.04. The molecular formula is C14H19ClO3. The van der Waals surface area contributed by atoms with Gasteiger partial charge in [-0.05, 0) is 24.8 Å². The number of unbranched alkanes of at least 4 members (excludes halogenated alkanes) is 3. The molecule has 0 saturated carbocycles. The molecule has 3 nitrogen and oxygen atoms in total. The first-order valence-electron chi connectivity index (χ1n) is 6.23. The Kier molecular flexibility index (Phi) is 8.26. The molecule has 0 aliphatic carbocycles. The summed E-state index contributed by atoms with van der Waals surface area (Å²) in [6.45, 7) is 1.85. The Bertz CT molecular complexity index is 327. The van der Waals surface area contributed by atoms with Gasteiger partial charge in [0.15, 0.2) is 0 Å². The summed E-state index contributed by atoms with van der Waals surface area (Å²) < 4.78 is 10.2. The Morgan fingerprint density at radius 1 is 1.00 bits per heavy atom. The standard InChI is InChI=1S/C14H19ClO3/c15-14(16)18-11-7-2-1-6-10-17-12-13-8-4-3-5-9-13/h3-5,8-9H,1-2,6-7,10-12H2. The lowest BCUT2D eigenvalue weighted by atomic mass is 10.2. The topological polar surface area (TPSA) is 35.5 Å². The highest BCUT2D eigenvalue weighted by molar-refractivity contribution is 6.61. The van der Waals surface area contributed by atoms with Gasteiger partial charge in [0.25, 0.3) is 0 Å². The fourth-order valence-corrected chi connectivity index (χ4v) is 1.65. The van der Waals surface area contributed by atoms with Crippen LogP contribution >= 0.6 is 11.6 Å². The van der Waals surface area contributed by atoms with Gasteiger partial charge in [0.2, 0.25) is 0 Å². The maximum absolute atomic E-state index is 10.3. The van der Waals surface area contributed by atoms with Crippen molar-refractivity contribution < 1.29 is 14.3 Å². The first kappa shape index (κ1) is 15.0. The molecule has 0 bridgehead atoms. The highest BCUT2D eigenvalue weighted by Gasteiger charge is 1.96. The fraction of sp³-hybridized carbons (Fsp3) is 0.500. The molecule has 0 unspecified atom stereocenters. The number of halogens is 1. The number of carbonyl (C=O) groups excluding carboxylic acids is 1. The van der Waals surface area contributed by atoms with E-state index in [2.05, 4.69) is 16.9 Å². The van der Waals surface area contributed by atoms with Gasteiger partial charge >= 0.3 is 5.43 Å². The zero-order valence-corrected chi connectivity index (χ0v) is 11.2. The Labute approximate surface area is 113 Å². The molecular weight excluding hydrogens is 252 g/mol. The van der Waals surface area contributed by atoms with Gasteiger partial charge in [-0.3, -0.25) is 0 Å². The maximum Gasteiger partial charge on any atom is 0.403 e. The van der Waals surface area contributed by atoms with E-state index in [4.69, 9.17) is 16.3 Å². The van der Waals surface area contributed by atoms with Crippen LogP contribution in [-0.2, 0) is 16.1 Å². The molecule has 0 aromatic heterocycles. The van der Waals surface area contributed by atoms with E-state index < -0.39 is 5.43 Å². The molecule has 0 N–H and O–H groups in total. The molecule has 0 heterocycles. The second-order valence-corrected chi connectivity index (χ2v) is 4.35. The molecule has 0 radical (unpaired) electrons. The minimum atomic E-state index is -0.721. The van der Waals surface area contributed by atoms with Gasteiger partial charge in [0.05, 0.1) is 13.2 Å². The van der Waals surface area contributed by atoms with E-state index in [1.165, 1.54) is 5.56 Å². The van der Waals surface area contributed by atoms with E-state index in [1.807, 2.05) is 18.2 Å². The first-order valence-corrected chi connectivity index (χ1v) is 6.61. The van der Waals surface area contributed by atoms with Crippen LogP contribution < -0.4 is 0 Å². The van der Waals surface area contributed by atoms with Crippen LogP contribution in [0.2, 0.25) is 0 Å². The number of hydrogen-bond acceptors (Lipinski definition) is 3. The van der Waals surface area contributed by atoms with Crippen molar-refractivity contribution in [2.24, 2.45) is 0 Å². The van der Waals surface area contributed by atoms with Crippen molar-refractivity contribution in [1.82, 2.24) is 0 Å². The third kappa shape index (κ3) is 8.09. The smallest absolute Gasteiger partial charge is 0.403 e. The molecule has 1 aromatic carbocycles. The second-order valence-electron chi connectivity index (χ2n) is 4.04. The van der Waals surface area contributed by atoms with Crippen molar-refractivity contribution in [2.75, 3.05) is 13.2 Å². The van der Waals surface area contributed by atoms with Crippen molar-refractivity contribution in [2.45, 2.75) is 32.3 Å². The van der Waals surface area contributed by atoms with Gasteiger partial charge in [0.1, 0.15) is 0 Å². The molecule has 100 valence electrons. The lowest BCUT2D eigenvalue weighted by molar-refractivity contribution is 0.116. The number of benzene rings is 1. The highest BCUT2D eigenvalue weighted by Crippen LogP contribution is 2.04. The molecule has 1 aromatic rings. The van der Waals surface area contributed by atoms with Gasteiger partial charge in [-0.25, -0.2) is 4.79 Å². The molecule has 0 amide bonds. The molecule has 0 aliphatic rings. The highest BCUT2D eigenvalue weighted by atomic mass is 35.5. The van der Waals surface area contributed by atoms with Crippen LogP contribution in [0.3, 0.4) is 0 Å². The number of rotatable bonds is 9. The van der Waals surface area contributed by atoms with Gasteiger partial charge in [-0.15, -0.1) is 0 Å². The zero-order valence-electron chi connectivity index (χ0n) is 10.4. The number of ether oxygens (including phenoxy) is 2. The summed E-state index contributed by atoms with van der Waals surface area (Å²) in [7, 11) is 0. The van der Waals surface area contributed by atoms with E-state index in [0.717, 1.165) is 32.3 Å². The van der Waals surface area contributed by atoms with E-state index in [-0.39, 0.29) is 0 Å². The zero-order chi connectivity index (χ0) is 13.1. The van der Waals surface area contributed by atoms with E-state index >= 15 is 0 Å². The first-order chi connectivity index (χ1) is 8.79. The van der Waals surface area contributed by atoms with Gasteiger partial charge in [-0.1, -0.05) is 36.8 Å². The van der Waals surface area contributed by atoms with Gasteiger partial charge in [-0.2, -0.15) is 0 Å². The van der Waals surface area contributed by atoms with Crippen molar-refractivity contribution in [1.29, 1.82) is 0 Å². The summed E-state index contributed by atoms with van der Waals surface area (Å²) in [6, 6.07) is 10.1. The molecule has 1 rings (SSSR count). The Balaban J connectivity index is 1.86. The van der Waals surface area contributed by atoms with E-state index in [9.17, 15) is 4.79 Å². The normalized spacial score (nSPS) is 10.3. The summed E-state index contributed by atoms with van der Waals surface area (Å²) in [5, 5.41) is 0. The number of hydrogen-bond donors (Lipinski definition) is 0. The maximum atomic E-state index is 10.3. The van der Waals surface area contributed by atoms with E-state index in [0.29, 0.717) is 13.2 Å². The van der Waals surface area contributed by atoms with Crippen molar-refractivity contribution in [3.05, 3.63) is 35.9 Å². The predicted molar refractivity (Wildman–Crippen MR) is 71.8 cm³/mol. The largest absolute Gasteiger partial charge is 0.454 e. The van der Waals surface area contributed by atoms with Crippen LogP contribution in [0.1, 0.15) is 31.2 Å². The molecule has 0 spiro atoms. The van der Waals surface area contributed by atoms with Crippen molar-refractivity contribution in [3.63, 3.8) is 0 Å². The second kappa shape index (κ2) is 9.92. The average molecular weight is 271 g/mol. The van der Waals surface area contributed by atoms with Crippen molar-refractivity contribution >= 4 is 17.0 Å². The van der Waals surface area contributed by atoms with Crippen LogP contribution in [0.15, 0.2) is 30.3 Å². The summed E-state index contributed by atoms with van der Waals surface area (Å²) in [4.78, 5) is 10.3. The third-order valence-corrected chi connectivity index (χ3v) is 2.62. The SMILES string of the molecule is O=C(Cl)OCCCCCCOCc1ccccc1. The summed E-state index contributed by atoms with van der Waals surface area (Å²) in [6.07, 6.45) is 3.99. The van der Waals surface area contributed by atoms with E-state index in [1.54, 1.807) is 0 Å². The minimum Gasteiger partial charge on any atom is -0.454 e. The summed E-state index contributed by atoms with van der Waals surface area (Å²) in [5.74, 6) is 0. The molecule has 0 atom stereocenters. The van der Waals surface area contributed by atoms with Gasteiger partial charge in [0, 0.05) is 18.2 Å². The summed E-state index contributed by atoms with van der Waals surface area (Å²) in [5.41, 5.74) is 0.479. The molecule has 0 aliphatic heterocycles. The third-order valence-electron chi connectivity index (χ3n) is 2.51. The lowest BCUT2D eigenvalue weighted by Gasteiger charge is -2.04. The molecule has 4 heteroatoms. The van der Waals surface area contributed by atoms with Crippen molar-refractivity contribution in [3.8, 4) is 0 Å². The van der Waals surface area contributed by atoms with Crippen LogP contribution in [0.4, 0.5) is 4.79 Å². The Morgan fingerprint density at radius 2 is 1.67 bits per heavy atom. The monoisotopic (exact) mass is 270 g/mol. The minimum absolute atomic E-state index is 0.410. The van der Waals surface area contributed by atoms with Crippen LogP contribution in [-0.4, -0.2) is 18.6 Å². The fourth-order valence-electron chi connectivity index (χ4n) is 1.58. The predicted octanol–water partition coefficient (Wildman–Crippen LogP) is 4.14. The average Bonchev–Trinajstić information content (AvgIpc) is 2.37.